The molecule has 2 aromatic rings. The monoisotopic (exact) mass is 350 g/mol. The number of ketones is 1. The fourth-order valence-corrected chi connectivity index (χ4v) is 3.73. The number of carbonyl (C=O) groups is 1. The number of nitrogens with two attached hydrogens (primary N) is 1. The van der Waals surface area contributed by atoms with Crippen molar-refractivity contribution in [2.75, 3.05) is 19.6 Å². The molecule has 0 aromatic heterocycles. The summed E-state index contributed by atoms with van der Waals surface area (Å²) in [7, 11) is 0. The highest BCUT2D eigenvalue weighted by Crippen LogP contribution is 2.32. The van der Waals surface area contributed by atoms with E-state index in [2.05, 4.69) is 35.7 Å². The third-order valence-corrected chi connectivity index (χ3v) is 5.16. The first kappa shape index (κ1) is 18.8. The number of benzene rings is 2. The predicted octanol–water partition coefficient (Wildman–Crippen LogP) is 4.70. The summed E-state index contributed by atoms with van der Waals surface area (Å²) in [4.78, 5) is 12.8. The molecule has 0 amide bonds. The van der Waals surface area contributed by atoms with Gasteiger partial charge in [-0.25, -0.2) is 0 Å². The second kappa shape index (κ2) is 9.65. The molecular formula is C23H30N2O. The minimum Gasteiger partial charge on any atom is -0.330 e. The maximum Gasteiger partial charge on any atom is 0.189 e. The Hall–Kier alpha value is -1.97. The second-order valence-electron chi connectivity index (χ2n) is 7.16. The molecule has 3 rings (SSSR count). The minimum absolute atomic E-state index is 0.215. The normalized spacial score (nSPS) is 13.3. The summed E-state index contributed by atoms with van der Waals surface area (Å²) in [5.74, 6) is 0.215. The molecule has 1 aliphatic carbocycles. The lowest BCUT2D eigenvalue weighted by Gasteiger charge is -2.17. The van der Waals surface area contributed by atoms with Crippen LogP contribution in [0.3, 0.4) is 0 Å². The van der Waals surface area contributed by atoms with Crippen LogP contribution in [0, 0.1) is 0 Å². The first-order valence-corrected chi connectivity index (χ1v) is 9.99. The van der Waals surface area contributed by atoms with Gasteiger partial charge in [0.15, 0.2) is 5.78 Å². The maximum atomic E-state index is 12.8. The van der Waals surface area contributed by atoms with Crippen LogP contribution in [0.25, 0.3) is 16.8 Å². The third-order valence-electron chi connectivity index (χ3n) is 5.16. The van der Waals surface area contributed by atoms with Gasteiger partial charge in [0.1, 0.15) is 0 Å². The number of carbonyl (C=O) groups excluding carboxylic acids is 1. The van der Waals surface area contributed by atoms with Gasteiger partial charge >= 0.3 is 0 Å². The van der Waals surface area contributed by atoms with Gasteiger partial charge in [-0.05, 0) is 68.8 Å². The van der Waals surface area contributed by atoms with Crippen LogP contribution >= 0.6 is 0 Å². The molecule has 26 heavy (non-hydrogen) atoms. The molecule has 138 valence electrons. The number of hydrogen-bond acceptors (Lipinski definition) is 3. The van der Waals surface area contributed by atoms with Gasteiger partial charge in [0.2, 0.25) is 0 Å². The lowest BCUT2D eigenvalue weighted by atomic mass is 9.86. The van der Waals surface area contributed by atoms with E-state index in [-0.39, 0.29) is 5.78 Å². The van der Waals surface area contributed by atoms with Gasteiger partial charge in [0.25, 0.3) is 0 Å². The molecule has 3 heteroatoms. The van der Waals surface area contributed by atoms with Crippen LogP contribution in [-0.4, -0.2) is 25.4 Å². The van der Waals surface area contributed by atoms with Crippen LogP contribution in [0.2, 0.25) is 0 Å². The van der Waals surface area contributed by atoms with Crippen molar-refractivity contribution in [1.29, 1.82) is 0 Å². The Morgan fingerprint density at radius 2 is 1.58 bits per heavy atom. The van der Waals surface area contributed by atoms with Gasteiger partial charge in [-0.2, -0.15) is 0 Å². The van der Waals surface area contributed by atoms with Crippen molar-refractivity contribution in [1.82, 2.24) is 5.32 Å². The van der Waals surface area contributed by atoms with Crippen molar-refractivity contribution in [3.8, 4) is 0 Å². The number of allylic oxidation sites excluding steroid dienone is 1. The lowest BCUT2D eigenvalue weighted by Crippen LogP contribution is -2.17. The quantitative estimate of drug-likeness (QED) is 0.578. The fourth-order valence-electron chi connectivity index (χ4n) is 3.73. The van der Waals surface area contributed by atoms with E-state index in [1.807, 2.05) is 12.1 Å². The van der Waals surface area contributed by atoms with E-state index < -0.39 is 0 Å². The smallest absolute Gasteiger partial charge is 0.189 e. The number of unbranched alkanes of at least 4 members (excludes halogenated alkanes) is 4. The summed E-state index contributed by atoms with van der Waals surface area (Å²) >= 11 is 0. The molecule has 0 unspecified atom stereocenters. The zero-order chi connectivity index (χ0) is 18.2. The Balaban J connectivity index is 1.44. The highest BCUT2D eigenvalue weighted by atomic mass is 16.1. The molecule has 1 aliphatic rings. The topological polar surface area (TPSA) is 55.1 Å². The minimum atomic E-state index is 0.215. The van der Waals surface area contributed by atoms with E-state index in [1.165, 1.54) is 24.8 Å². The first-order valence-electron chi connectivity index (χ1n) is 9.99. The average molecular weight is 351 g/mol. The van der Waals surface area contributed by atoms with E-state index in [4.69, 9.17) is 5.73 Å². The lowest BCUT2D eigenvalue weighted by molar-refractivity contribution is 0.103. The van der Waals surface area contributed by atoms with Gasteiger partial charge in [-0.1, -0.05) is 49.2 Å². The summed E-state index contributed by atoms with van der Waals surface area (Å²) in [6.07, 6.45) is 9.94. The molecule has 0 heterocycles. The largest absolute Gasteiger partial charge is 0.330 e. The Morgan fingerprint density at radius 3 is 2.35 bits per heavy atom. The van der Waals surface area contributed by atoms with E-state index in [9.17, 15) is 4.79 Å². The first-order chi connectivity index (χ1) is 12.8. The van der Waals surface area contributed by atoms with E-state index in [1.54, 1.807) is 0 Å². The molecule has 0 saturated heterocycles. The molecule has 2 aromatic carbocycles. The molecule has 0 saturated carbocycles. The van der Waals surface area contributed by atoms with Crippen LogP contribution in [0.15, 0.2) is 42.0 Å². The van der Waals surface area contributed by atoms with Crippen molar-refractivity contribution in [3.63, 3.8) is 0 Å². The number of rotatable bonds is 11. The molecule has 0 aliphatic heterocycles. The summed E-state index contributed by atoms with van der Waals surface area (Å²) in [5, 5.41) is 5.76. The fraction of sp³-hybridized carbons (Fsp3) is 0.435. The van der Waals surface area contributed by atoms with Gasteiger partial charge in [-0.15, -0.1) is 0 Å². The van der Waals surface area contributed by atoms with Crippen LogP contribution in [0.5, 0.6) is 0 Å². The maximum absolute atomic E-state index is 12.8. The zero-order valence-electron chi connectivity index (χ0n) is 15.6. The Morgan fingerprint density at radius 1 is 0.846 bits per heavy atom. The predicted molar refractivity (Wildman–Crippen MR) is 110 cm³/mol. The summed E-state index contributed by atoms with van der Waals surface area (Å²) in [5.41, 5.74) is 8.52. The summed E-state index contributed by atoms with van der Waals surface area (Å²) < 4.78 is 0. The molecule has 0 atom stereocenters. The van der Waals surface area contributed by atoms with Crippen molar-refractivity contribution >= 4 is 22.6 Å². The van der Waals surface area contributed by atoms with Crippen molar-refractivity contribution in [3.05, 3.63) is 53.1 Å². The summed E-state index contributed by atoms with van der Waals surface area (Å²) in [6.45, 7) is 2.95. The Labute approximate surface area is 156 Å². The number of nitrogens with one attached hydrogen (secondary N) is 1. The third kappa shape index (κ3) is 4.60. The van der Waals surface area contributed by atoms with Crippen LogP contribution in [0.1, 0.15) is 60.9 Å². The number of Topliss-reactive ketones (excluding diaryl/α,β-unsaturated/α-hetero) is 1. The molecule has 0 radical (unpaired) electrons. The van der Waals surface area contributed by atoms with Gasteiger partial charge < -0.3 is 11.1 Å². The van der Waals surface area contributed by atoms with Crippen molar-refractivity contribution in [2.24, 2.45) is 5.73 Å². The molecule has 3 N–H and O–H groups in total. The number of hydrogen-bond donors (Lipinski definition) is 2. The van der Waals surface area contributed by atoms with Gasteiger partial charge in [0, 0.05) is 16.5 Å². The van der Waals surface area contributed by atoms with Gasteiger partial charge in [0.05, 0.1) is 0 Å². The summed E-state index contributed by atoms with van der Waals surface area (Å²) in [6, 6.07) is 12.3. The molecule has 0 fully saturated rings. The average Bonchev–Trinajstić information content (AvgIpc) is 2.67. The molecular weight excluding hydrogens is 320 g/mol. The van der Waals surface area contributed by atoms with E-state index in [0.717, 1.165) is 67.2 Å². The highest BCUT2D eigenvalue weighted by molar-refractivity contribution is 6.22. The molecule has 3 nitrogen and oxygen atoms in total. The molecule has 0 bridgehead atoms. The highest BCUT2D eigenvalue weighted by Gasteiger charge is 2.20. The SMILES string of the molecule is NCCCCCNCCCCCC1=Cc2cccc3cccc(c23)C1=O. The van der Waals surface area contributed by atoms with Gasteiger partial charge in [-0.3, -0.25) is 4.79 Å². The standard InChI is InChI=1S/C23H30N2O/c24-14-4-2-6-16-25-15-5-1-3-9-20-17-19-12-7-10-18-11-8-13-21(22(18)19)23(20)26/h7-8,10-13,17,25H,1-6,9,14-16,24H2. The second-order valence-corrected chi connectivity index (χ2v) is 7.16. The van der Waals surface area contributed by atoms with Crippen molar-refractivity contribution in [2.45, 2.75) is 44.9 Å². The van der Waals surface area contributed by atoms with E-state index >= 15 is 0 Å². The Bertz CT molecular complexity index is 774. The van der Waals surface area contributed by atoms with E-state index in [0.29, 0.717) is 0 Å². The Kier molecular flexibility index (Phi) is 6.98. The van der Waals surface area contributed by atoms with Crippen molar-refractivity contribution < 1.29 is 4.79 Å². The zero-order valence-corrected chi connectivity index (χ0v) is 15.6. The molecule has 0 spiro atoms. The van der Waals surface area contributed by atoms with Crippen LogP contribution in [-0.2, 0) is 0 Å². The van der Waals surface area contributed by atoms with Crippen LogP contribution < -0.4 is 11.1 Å². The van der Waals surface area contributed by atoms with Crippen LogP contribution in [0.4, 0.5) is 0 Å².